The molecule has 0 amide bonds. The number of ether oxygens (including phenoxy) is 2. The van der Waals surface area contributed by atoms with E-state index in [0.29, 0.717) is 29.0 Å². The number of rotatable bonds is 37. The Balaban J connectivity index is 0.000000582. The van der Waals surface area contributed by atoms with Gasteiger partial charge >= 0.3 is 127 Å². The average molecular weight is 1810 g/mol. The van der Waals surface area contributed by atoms with Crippen LogP contribution >= 0.6 is 53.5 Å². The Labute approximate surface area is 614 Å². The molecule has 60 heteroatoms. The van der Waals surface area contributed by atoms with Crippen LogP contribution in [0, 0.1) is 0 Å². The number of aromatic nitrogens is 2. The number of benzene rings is 2. The van der Waals surface area contributed by atoms with E-state index in [1.165, 1.54) is 72.2 Å². The summed E-state index contributed by atoms with van der Waals surface area (Å²) in [5.41, 5.74) is 0.997. The summed E-state index contributed by atoms with van der Waals surface area (Å²) >= 11 is 12.8. The zero-order chi connectivity index (χ0) is 87.7. The molecule has 4 rings (SSSR count). The summed E-state index contributed by atoms with van der Waals surface area (Å²) in [4.78, 5) is 62.6. The van der Waals surface area contributed by atoms with Crippen molar-refractivity contribution in [3.63, 3.8) is 0 Å². The third-order valence-electron chi connectivity index (χ3n) is 14.4. The molecule has 0 saturated heterocycles. The summed E-state index contributed by atoms with van der Waals surface area (Å²) in [5.74, 6) is -141. The number of carbonyl (C=O) groups excluding carboxylic acids is 3. The van der Waals surface area contributed by atoms with Crippen LogP contribution in [0.3, 0.4) is 0 Å². The van der Waals surface area contributed by atoms with Gasteiger partial charge in [0.1, 0.15) is 23.2 Å². The maximum Gasteiger partial charge on any atom is 0.460 e. The fraction of sp³-hybridized carbons (Fsp3) is 0.596. The number of aldehydes is 1. The average Bonchev–Trinajstić information content (AvgIpc) is 0.790. The summed E-state index contributed by atoms with van der Waals surface area (Å²) < 4.78 is 533. The molecule has 2 heterocycles. The van der Waals surface area contributed by atoms with Crippen molar-refractivity contribution in [2.45, 2.75) is 152 Å². The smallest absolute Gasteiger partial charge is 0.460 e. The number of hydrogen-bond acceptors (Lipinski definition) is 17. The third-order valence-corrected chi connectivity index (χ3v) is 18.2. The van der Waals surface area contributed by atoms with Crippen LogP contribution in [-0.4, -0.2) is 190 Å². The van der Waals surface area contributed by atoms with E-state index in [9.17, 15) is 191 Å². The minimum atomic E-state index is -9.04. The van der Waals surface area contributed by atoms with Gasteiger partial charge in [0.15, 0.2) is 17.3 Å². The van der Waals surface area contributed by atoms with Crippen molar-refractivity contribution in [3.8, 4) is 0 Å². The minimum absolute atomic E-state index is 0.0304. The molecule has 17 nitrogen and oxygen atoms in total. The molecule has 0 aliphatic rings. The molecular weight excluding hydrogens is 1770 g/mol. The second kappa shape index (κ2) is 33.8. The number of esters is 2. The second-order valence-corrected chi connectivity index (χ2v) is 26.3. The van der Waals surface area contributed by atoms with Crippen LogP contribution in [0.25, 0.3) is 0 Å². The Bertz CT molecular complexity index is 4010. The van der Waals surface area contributed by atoms with Crippen molar-refractivity contribution in [2.24, 2.45) is 20.5 Å². The van der Waals surface area contributed by atoms with E-state index < -0.39 is 181 Å². The summed E-state index contributed by atoms with van der Waals surface area (Å²) in [6.07, 6.45) is -25.8. The highest BCUT2D eigenvalue weighted by atomic mass is 35.5. The zero-order valence-corrected chi connectivity index (χ0v) is 57.6. The van der Waals surface area contributed by atoms with Crippen LogP contribution < -0.4 is 9.80 Å². The summed E-state index contributed by atoms with van der Waals surface area (Å²) in [7, 11) is -5.01. The predicted molar refractivity (Wildman–Crippen MR) is 305 cm³/mol. The Morgan fingerprint density at radius 1 is 0.446 bits per heavy atom. The number of hydrogen-bond donors (Lipinski definition) is 3. The number of carbonyl (C=O) groups is 3. The fourth-order valence-corrected chi connectivity index (χ4v) is 10.9. The third kappa shape index (κ3) is 18.8. The van der Waals surface area contributed by atoms with Gasteiger partial charge in [0.2, 0.25) is 10.3 Å². The van der Waals surface area contributed by atoms with Crippen molar-refractivity contribution in [1.82, 2.24) is 9.97 Å². The van der Waals surface area contributed by atoms with Crippen LogP contribution in [0.1, 0.15) is 59.9 Å². The lowest BCUT2D eigenvalue weighted by atomic mass is 9.86. The molecule has 0 spiro atoms. The van der Waals surface area contributed by atoms with Gasteiger partial charge in [-0.3, -0.25) is 18.9 Å². The quantitative estimate of drug-likeness (QED) is 0.0126. The molecule has 0 fully saturated rings. The lowest BCUT2D eigenvalue weighted by Crippen LogP contribution is -2.75. The van der Waals surface area contributed by atoms with Crippen molar-refractivity contribution in [3.05, 3.63) is 68.6 Å². The molecule has 0 bridgehead atoms. The van der Waals surface area contributed by atoms with Gasteiger partial charge in [-0.25, -0.2) is 9.97 Å². The zero-order valence-electron chi connectivity index (χ0n) is 53.6. The standard InChI is InChI=1S/C26H21ClF19N4O6PS.C26H18ClF19N4O3S/c1-2-50(12-5-3-11(4-6-12)48-49-17-47-15(27)14(58-17)16(52)57(53,54)55)9-10-56-13(51)7-8-18(28,29)19(30,31)20(32,33)21(34,35)22(36,37)23(38,39)24(40,41)25(42,43)26(44,45)46;1-2-50(13-5-3-12(4-6-13)48-49-17-47-16(27)14(11-51)54-17)9-10-53-15(52)7-8-18(28,29)19(30,31)20(32,33)21(34,35)22(36,37)23(38,39)24(40,41)25(42,43)26(44,45)46/h3-6,16,52H,2,7-10H2,1H3,(H2,53,54,55);3-6,11H,2,7-10H2,1H3. The Morgan fingerprint density at radius 3 is 0.973 bits per heavy atom. The van der Waals surface area contributed by atoms with Crippen LogP contribution in [0.4, 0.5) is 200 Å². The number of nitrogens with zero attached hydrogens (tertiary/aromatic N) is 8. The van der Waals surface area contributed by atoms with Crippen molar-refractivity contribution < 1.29 is 210 Å². The molecule has 0 aliphatic carbocycles. The van der Waals surface area contributed by atoms with E-state index in [2.05, 4.69) is 39.9 Å². The van der Waals surface area contributed by atoms with E-state index in [-0.39, 0.29) is 57.8 Å². The molecule has 2 aromatic heterocycles. The summed E-state index contributed by atoms with van der Waals surface area (Å²) in [5, 5.41) is 24.0. The lowest BCUT2D eigenvalue weighted by Gasteiger charge is -2.43. The molecular formula is C52H39Cl2F38N8O9PS2. The topological polar surface area (TPSA) is 229 Å². The highest BCUT2D eigenvalue weighted by Crippen LogP contribution is 2.68. The SMILES string of the molecule is CCN(CCOC(=O)CCC(F)(F)C(F)(F)C(F)(F)C(F)(F)C(F)(F)C(F)(F)C(F)(F)C(F)(F)C(F)(F)F)c1ccc(N=Nc2nc(Cl)c(C(O)P(=O)(O)O)s2)cc1.CCN(CCOC(=O)CCC(F)(F)C(F)(F)C(F)(F)C(F)(F)C(F)(F)C(F)(F)C(F)(F)C(F)(F)C(F)(F)F)c1ccc(N=Nc2nc(Cl)c(C=O)s2)cc1. The van der Waals surface area contributed by atoms with Crippen molar-refractivity contribution >= 4 is 105 Å². The molecule has 2 aromatic carbocycles. The largest absolute Gasteiger partial charge is 0.464 e. The van der Waals surface area contributed by atoms with Gasteiger partial charge in [-0.15, -0.1) is 20.5 Å². The number of halogens is 40. The molecule has 3 N–H and O–H groups in total. The lowest BCUT2D eigenvalue weighted by molar-refractivity contribution is -0.468. The fourth-order valence-electron chi connectivity index (χ4n) is 7.98. The van der Waals surface area contributed by atoms with E-state index in [1.54, 1.807) is 0 Å². The molecule has 0 saturated carbocycles. The van der Waals surface area contributed by atoms with Crippen LogP contribution in [0.5, 0.6) is 0 Å². The highest BCUT2D eigenvalue weighted by molar-refractivity contribution is 7.52. The van der Waals surface area contributed by atoms with Gasteiger partial charge in [-0.1, -0.05) is 45.9 Å². The summed E-state index contributed by atoms with van der Waals surface area (Å²) in [6, 6.07) is 10.9. The van der Waals surface area contributed by atoms with Gasteiger partial charge < -0.3 is 34.2 Å². The number of azo groups is 2. The summed E-state index contributed by atoms with van der Waals surface area (Å²) in [6.45, 7) is 0.915. The molecule has 638 valence electrons. The number of aliphatic hydroxyl groups excluding tert-OH is 1. The molecule has 112 heavy (non-hydrogen) atoms. The number of alkyl halides is 38. The maximum atomic E-state index is 14.2. The Morgan fingerprint density at radius 2 is 0.714 bits per heavy atom. The molecule has 4 aromatic rings. The highest BCUT2D eigenvalue weighted by Gasteiger charge is 2.98. The molecule has 0 radical (unpaired) electrons. The van der Waals surface area contributed by atoms with E-state index >= 15 is 0 Å². The van der Waals surface area contributed by atoms with Crippen molar-refractivity contribution in [2.75, 3.05) is 49.2 Å². The first kappa shape index (κ1) is 99.3. The minimum Gasteiger partial charge on any atom is -0.464 e. The molecule has 1 atom stereocenters. The predicted octanol–water partition coefficient (Wildman–Crippen LogP) is 21.0. The van der Waals surface area contributed by atoms with E-state index in [1.807, 2.05) is 0 Å². The number of likely N-dealkylation sites (N-methyl/N-ethyl adjacent to an activating group) is 2. The van der Waals surface area contributed by atoms with Gasteiger partial charge in [-0.2, -0.15) is 167 Å². The normalized spacial score (nSPS) is 14.9. The number of aliphatic hydroxyl groups is 1. The monoisotopic (exact) mass is 1810 g/mol. The molecule has 1 unspecified atom stereocenters. The van der Waals surface area contributed by atoms with E-state index in [4.69, 9.17) is 33.0 Å². The van der Waals surface area contributed by atoms with Crippen molar-refractivity contribution in [1.29, 1.82) is 0 Å². The number of anilines is 2. The molecule has 0 aliphatic heterocycles. The van der Waals surface area contributed by atoms with Gasteiger partial charge in [-0.05, 0) is 62.4 Å². The first-order valence-corrected chi connectivity index (χ1v) is 32.6. The van der Waals surface area contributed by atoms with Crippen LogP contribution in [0.2, 0.25) is 10.3 Å². The van der Waals surface area contributed by atoms with Crippen LogP contribution in [-0.2, 0) is 23.6 Å². The van der Waals surface area contributed by atoms with Gasteiger partial charge in [0, 0.05) is 37.3 Å². The van der Waals surface area contributed by atoms with Gasteiger partial charge in [0.25, 0.3) is 0 Å². The first-order valence-electron chi connectivity index (χ1n) is 28.6. The Hall–Kier alpha value is -6.86. The first-order chi connectivity index (χ1) is 50.0. The van der Waals surface area contributed by atoms with Gasteiger partial charge in [0.05, 0.1) is 42.2 Å². The Kier molecular flexibility index (Phi) is 29.9. The second-order valence-electron chi connectivity index (χ2n) is 21.9. The number of thiazole rings is 2. The van der Waals surface area contributed by atoms with E-state index in [0.717, 1.165) is 11.3 Å². The van der Waals surface area contributed by atoms with Crippen LogP contribution in [0.15, 0.2) is 69.0 Å². The maximum absolute atomic E-state index is 14.2.